The number of hydrogen-bond donors (Lipinski definition) is 3. The monoisotopic (exact) mass is 328 g/mol. The molecule has 1 atom stereocenters. The molecule has 2 rings (SSSR count). The number of benzene rings is 2. The Balaban J connectivity index is 1.93. The van der Waals surface area contributed by atoms with E-state index in [1.165, 1.54) is 0 Å². The number of anilines is 1. The molecular weight excluding hydrogens is 304 g/mol. The van der Waals surface area contributed by atoms with Gasteiger partial charge in [-0.3, -0.25) is 4.79 Å². The highest BCUT2D eigenvalue weighted by molar-refractivity contribution is 5.84. The van der Waals surface area contributed by atoms with E-state index in [9.17, 15) is 9.90 Å². The minimum atomic E-state index is -0.391. The predicted molar refractivity (Wildman–Crippen MR) is 94.9 cm³/mol. The van der Waals surface area contributed by atoms with E-state index >= 15 is 0 Å². The van der Waals surface area contributed by atoms with Crippen LogP contribution in [0.2, 0.25) is 0 Å². The summed E-state index contributed by atoms with van der Waals surface area (Å²) < 4.78 is 5.46. The third-order valence-electron chi connectivity index (χ3n) is 3.62. The van der Waals surface area contributed by atoms with Crippen LogP contribution in [0, 0.1) is 0 Å². The van der Waals surface area contributed by atoms with Gasteiger partial charge in [0.25, 0.3) is 0 Å². The van der Waals surface area contributed by atoms with Gasteiger partial charge in [-0.25, -0.2) is 0 Å². The number of aliphatic hydroxyl groups excluding tert-OH is 1. The van der Waals surface area contributed by atoms with Gasteiger partial charge in [0.05, 0.1) is 13.2 Å². The van der Waals surface area contributed by atoms with Gasteiger partial charge in [-0.1, -0.05) is 30.3 Å². The van der Waals surface area contributed by atoms with Crippen molar-refractivity contribution in [1.82, 2.24) is 5.32 Å². The van der Waals surface area contributed by atoms with Gasteiger partial charge in [0.15, 0.2) is 0 Å². The molecule has 128 valence electrons. The molecule has 0 aliphatic rings. The highest BCUT2D eigenvalue weighted by Crippen LogP contribution is 2.23. The average molecular weight is 328 g/mol. The van der Waals surface area contributed by atoms with E-state index < -0.39 is 6.04 Å². The van der Waals surface area contributed by atoms with Gasteiger partial charge in [-0.05, 0) is 37.6 Å². The average Bonchev–Trinajstić information content (AvgIpc) is 2.61. The first-order chi connectivity index (χ1) is 11.6. The van der Waals surface area contributed by atoms with Crippen LogP contribution in [0.1, 0.15) is 25.0 Å². The van der Waals surface area contributed by atoms with Gasteiger partial charge in [0, 0.05) is 17.8 Å². The van der Waals surface area contributed by atoms with Crippen LogP contribution in [-0.2, 0) is 17.9 Å². The van der Waals surface area contributed by atoms with Crippen LogP contribution in [0.25, 0.3) is 0 Å². The molecule has 0 aliphatic heterocycles. The standard InChI is InChI=1S/C19H24N2O3/c1-3-24-18-10-9-17(11-16(18)13-22)21-14(2)19(23)20-12-15-7-5-4-6-8-15/h4-11,14,21-22H,3,12-13H2,1-2H3,(H,20,23). The molecule has 0 heterocycles. The van der Waals surface area contributed by atoms with Gasteiger partial charge < -0.3 is 20.5 Å². The number of carbonyl (C=O) groups excluding carboxylic acids is 1. The third kappa shape index (κ3) is 4.99. The maximum absolute atomic E-state index is 12.2. The molecular formula is C19H24N2O3. The normalized spacial score (nSPS) is 11.6. The topological polar surface area (TPSA) is 70.6 Å². The van der Waals surface area contributed by atoms with Crippen molar-refractivity contribution in [3.8, 4) is 5.75 Å². The van der Waals surface area contributed by atoms with E-state index in [1.54, 1.807) is 19.1 Å². The second kappa shape index (κ2) is 8.93. The number of rotatable bonds is 8. The lowest BCUT2D eigenvalue weighted by molar-refractivity contribution is -0.121. The summed E-state index contributed by atoms with van der Waals surface area (Å²) in [5, 5.41) is 15.5. The molecule has 5 nitrogen and oxygen atoms in total. The number of nitrogens with one attached hydrogen (secondary N) is 2. The zero-order valence-corrected chi connectivity index (χ0v) is 14.1. The van der Waals surface area contributed by atoms with Crippen molar-refractivity contribution in [3.63, 3.8) is 0 Å². The summed E-state index contributed by atoms with van der Waals surface area (Å²) in [5.74, 6) is 0.574. The Bertz CT molecular complexity index is 659. The van der Waals surface area contributed by atoms with Crippen molar-refractivity contribution in [2.75, 3.05) is 11.9 Å². The van der Waals surface area contributed by atoms with Crippen molar-refractivity contribution >= 4 is 11.6 Å². The number of carbonyl (C=O) groups is 1. The smallest absolute Gasteiger partial charge is 0.242 e. The van der Waals surface area contributed by atoms with Crippen molar-refractivity contribution in [2.45, 2.75) is 33.0 Å². The summed E-state index contributed by atoms with van der Waals surface area (Å²) in [7, 11) is 0. The summed E-state index contributed by atoms with van der Waals surface area (Å²) >= 11 is 0. The molecule has 2 aromatic carbocycles. The molecule has 0 saturated heterocycles. The first kappa shape index (κ1) is 17.8. The highest BCUT2D eigenvalue weighted by atomic mass is 16.5. The van der Waals surface area contributed by atoms with Gasteiger partial charge in [0.1, 0.15) is 11.8 Å². The molecule has 5 heteroatoms. The van der Waals surface area contributed by atoms with Crippen molar-refractivity contribution in [3.05, 3.63) is 59.7 Å². The Morgan fingerprint density at radius 1 is 1.21 bits per heavy atom. The molecule has 0 bridgehead atoms. The summed E-state index contributed by atoms with van der Waals surface area (Å²) in [6.07, 6.45) is 0. The molecule has 1 amide bonds. The fourth-order valence-electron chi connectivity index (χ4n) is 2.34. The lowest BCUT2D eigenvalue weighted by Gasteiger charge is -2.17. The summed E-state index contributed by atoms with van der Waals surface area (Å²) in [6, 6.07) is 14.8. The molecule has 0 radical (unpaired) electrons. The molecule has 0 aromatic heterocycles. The van der Waals surface area contributed by atoms with Gasteiger partial charge in [-0.2, -0.15) is 0 Å². The minimum Gasteiger partial charge on any atom is -0.494 e. The van der Waals surface area contributed by atoms with E-state index in [2.05, 4.69) is 10.6 Å². The Labute approximate surface area is 142 Å². The van der Waals surface area contributed by atoms with Crippen LogP contribution in [0.5, 0.6) is 5.75 Å². The van der Waals surface area contributed by atoms with Gasteiger partial charge in [0.2, 0.25) is 5.91 Å². The number of aliphatic hydroxyl groups is 1. The Kier molecular flexibility index (Phi) is 6.63. The zero-order chi connectivity index (χ0) is 17.4. The Morgan fingerprint density at radius 2 is 1.96 bits per heavy atom. The SMILES string of the molecule is CCOc1ccc(NC(C)C(=O)NCc2ccccc2)cc1CO. The summed E-state index contributed by atoms with van der Waals surface area (Å²) in [6.45, 7) is 4.62. The fourth-order valence-corrected chi connectivity index (χ4v) is 2.34. The molecule has 0 spiro atoms. The van der Waals surface area contributed by atoms with Crippen LogP contribution in [0.3, 0.4) is 0 Å². The first-order valence-corrected chi connectivity index (χ1v) is 8.08. The number of ether oxygens (including phenoxy) is 1. The molecule has 0 saturated carbocycles. The molecule has 0 fully saturated rings. The Hall–Kier alpha value is -2.53. The molecule has 1 unspecified atom stereocenters. The van der Waals surface area contributed by atoms with Crippen molar-refractivity contribution < 1.29 is 14.6 Å². The summed E-state index contributed by atoms with van der Waals surface area (Å²) in [5.41, 5.74) is 2.52. The summed E-state index contributed by atoms with van der Waals surface area (Å²) in [4.78, 5) is 12.2. The second-order valence-corrected chi connectivity index (χ2v) is 5.48. The van der Waals surface area contributed by atoms with Crippen molar-refractivity contribution in [1.29, 1.82) is 0 Å². The minimum absolute atomic E-state index is 0.0849. The second-order valence-electron chi connectivity index (χ2n) is 5.48. The largest absolute Gasteiger partial charge is 0.494 e. The zero-order valence-electron chi connectivity index (χ0n) is 14.1. The van der Waals surface area contributed by atoms with Crippen LogP contribution in [-0.4, -0.2) is 23.7 Å². The molecule has 24 heavy (non-hydrogen) atoms. The van der Waals surface area contributed by atoms with Crippen LogP contribution < -0.4 is 15.4 Å². The Morgan fingerprint density at radius 3 is 2.62 bits per heavy atom. The fraction of sp³-hybridized carbons (Fsp3) is 0.316. The van der Waals surface area contributed by atoms with E-state index in [0.29, 0.717) is 24.5 Å². The highest BCUT2D eigenvalue weighted by Gasteiger charge is 2.13. The van der Waals surface area contributed by atoms with Crippen LogP contribution in [0.15, 0.2) is 48.5 Å². The van der Waals surface area contributed by atoms with E-state index in [-0.39, 0.29) is 12.5 Å². The number of hydrogen-bond acceptors (Lipinski definition) is 4. The van der Waals surface area contributed by atoms with E-state index in [4.69, 9.17) is 4.74 Å². The maximum Gasteiger partial charge on any atom is 0.242 e. The molecule has 2 aromatic rings. The predicted octanol–water partition coefficient (Wildman–Crippen LogP) is 2.69. The number of amides is 1. The lowest BCUT2D eigenvalue weighted by Crippen LogP contribution is -2.37. The van der Waals surface area contributed by atoms with Crippen LogP contribution in [0.4, 0.5) is 5.69 Å². The molecule has 0 aliphatic carbocycles. The van der Waals surface area contributed by atoms with E-state index in [1.807, 2.05) is 43.3 Å². The first-order valence-electron chi connectivity index (χ1n) is 8.08. The lowest BCUT2D eigenvalue weighted by atomic mass is 10.1. The van der Waals surface area contributed by atoms with Gasteiger partial charge in [-0.15, -0.1) is 0 Å². The maximum atomic E-state index is 12.2. The van der Waals surface area contributed by atoms with Crippen molar-refractivity contribution in [2.24, 2.45) is 0 Å². The van der Waals surface area contributed by atoms with Gasteiger partial charge >= 0.3 is 0 Å². The van der Waals surface area contributed by atoms with Crippen LogP contribution >= 0.6 is 0 Å². The van der Waals surface area contributed by atoms with E-state index in [0.717, 1.165) is 11.3 Å². The molecule has 3 N–H and O–H groups in total. The quantitative estimate of drug-likeness (QED) is 0.697. The third-order valence-corrected chi connectivity index (χ3v) is 3.62.